The van der Waals surface area contributed by atoms with Gasteiger partial charge in [-0.25, -0.2) is 0 Å². The van der Waals surface area contributed by atoms with Crippen LogP contribution in [-0.4, -0.2) is 60.4 Å². The van der Waals surface area contributed by atoms with Gasteiger partial charge >= 0.3 is 0 Å². The Balaban J connectivity index is 1.61. The molecule has 1 aromatic carbocycles. The van der Waals surface area contributed by atoms with E-state index in [4.69, 9.17) is 0 Å². The summed E-state index contributed by atoms with van der Waals surface area (Å²) in [4.78, 5) is 30.2. The van der Waals surface area contributed by atoms with Crippen LogP contribution in [0.15, 0.2) is 24.3 Å². The van der Waals surface area contributed by atoms with Crippen molar-refractivity contribution < 1.29 is 9.59 Å². The van der Waals surface area contributed by atoms with Crippen LogP contribution in [0.1, 0.15) is 61.9 Å². The van der Waals surface area contributed by atoms with Crippen molar-refractivity contribution in [3.8, 4) is 0 Å². The lowest BCUT2D eigenvalue weighted by atomic mass is 9.94. The number of hydrogen-bond donors (Lipinski definition) is 1. The molecule has 0 spiro atoms. The molecule has 29 heavy (non-hydrogen) atoms. The van der Waals surface area contributed by atoms with Gasteiger partial charge in [0, 0.05) is 38.3 Å². The second kappa shape index (κ2) is 10.2. The van der Waals surface area contributed by atoms with Gasteiger partial charge in [0.15, 0.2) is 0 Å². The molecule has 2 atom stereocenters. The van der Waals surface area contributed by atoms with Gasteiger partial charge in [0.25, 0.3) is 5.91 Å². The molecule has 1 aromatic rings. The van der Waals surface area contributed by atoms with Crippen molar-refractivity contribution in [1.82, 2.24) is 15.1 Å². The highest BCUT2D eigenvalue weighted by atomic mass is 16.2. The van der Waals surface area contributed by atoms with Gasteiger partial charge in [0.2, 0.25) is 5.91 Å². The largest absolute Gasteiger partial charge is 0.354 e. The number of rotatable bonds is 7. The fourth-order valence-electron chi connectivity index (χ4n) is 4.56. The third-order valence-corrected chi connectivity index (χ3v) is 6.73. The maximum absolute atomic E-state index is 13.1. The summed E-state index contributed by atoms with van der Waals surface area (Å²) in [5.74, 6) is 1.25. The highest BCUT2D eigenvalue weighted by Crippen LogP contribution is 2.31. The molecule has 160 valence electrons. The molecule has 3 rings (SSSR count). The van der Waals surface area contributed by atoms with Crippen molar-refractivity contribution in [3.63, 3.8) is 0 Å². The predicted molar refractivity (Wildman–Crippen MR) is 117 cm³/mol. The Morgan fingerprint density at radius 2 is 1.69 bits per heavy atom. The normalized spacial score (nSPS) is 20.4. The Hall–Kier alpha value is -1.88. The quantitative estimate of drug-likeness (QED) is 0.764. The van der Waals surface area contributed by atoms with Crippen LogP contribution in [0.5, 0.6) is 0 Å². The number of piperazine rings is 1. The zero-order valence-corrected chi connectivity index (χ0v) is 18.3. The number of nitrogens with one attached hydrogen (secondary N) is 1. The molecule has 2 fully saturated rings. The molecule has 1 aliphatic carbocycles. The van der Waals surface area contributed by atoms with Crippen LogP contribution in [0.2, 0.25) is 0 Å². The molecule has 1 aliphatic heterocycles. The van der Waals surface area contributed by atoms with Crippen LogP contribution >= 0.6 is 0 Å². The first-order valence-corrected chi connectivity index (χ1v) is 11.4. The summed E-state index contributed by atoms with van der Waals surface area (Å²) in [5, 5.41) is 3.21. The maximum Gasteiger partial charge on any atom is 0.253 e. The van der Waals surface area contributed by atoms with Gasteiger partial charge < -0.3 is 10.2 Å². The van der Waals surface area contributed by atoms with E-state index in [0.717, 1.165) is 50.0 Å². The summed E-state index contributed by atoms with van der Waals surface area (Å²) in [5.41, 5.74) is 1.91. The first-order chi connectivity index (χ1) is 14.0. The van der Waals surface area contributed by atoms with Crippen molar-refractivity contribution in [2.24, 2.45) is 11.8 Å². The number of amides is 2. The van der Waals surface area contributed by atoms with E-state index in [0.29, 0.717) is 24.9 Å². The van der Waals surface area contributed by atoms with Gasteiger partial charge in [0.1, 0.15) is 0 Å². The van der Waals surface area contributed by atoms with Crippen LogP contribution in [0.3, 0.4) is 0 Å². The number of carbonyl (C=O) groups excluding carboxylic acids is 2. The second-order valence-electron chi connectivity index (χ2n) is 8.94. The maximum atomic E-state index is 13.1. The van der Waals surface area contributed by atoms with Crippen LogP contribution in [-0.2, 0) is 4.79 Å². The molecule has 1 heterocycles. The molecular weight excluding hydrogens is 362 g/mol. The fraction of sp³-hybridized carbons (Fsp3) is 0.667. The van der Waals surface area contributed by atoms with Crippen LogP contribution in [0.4, 0.5) is 0 Å². The monoisotopic (exact) mass is 399 g/mol. The SMILES string of the molecule is CCC(C)CNC(=O)C(C1CCCC1)N1CCN(C(=O)c2ccc(C)cc2)CC1. The summed E-state index contributed by atoms with van der Waals surface area (Å²) in [6.07, 6.45) is 5.82. The van der Waals surface area contributed by atoms with Gasteiger partial charge in [0.05, 0.1) is 6.04 Å². The number of benzene rings is 1. The van der Waals surface area contributed by atoms with Crippen molar-refractivity contribution in [2.75, 3.05) is 32.7 Å². The van der Waals surface area contributed by atoms with E-state index in [1.165, 1.54) is 12.8 Å². The van der Waals surface area contributed by atoms with Crippen LogP contribution in [0, 0.1) is 18.8 Å². The van der Waals surface area contributed by atoms with E-state index in [1.807, 2.05) is 36.1 Å². The van der Waals surface area contributed by atoms with E-state index in [1.54, 1.807) is 0 Å². The molecule has 5 nitrogen and oxygen atoms in total. The average molecular weight is 400 g/mol. The molecule has 2 aliphatic rings. The van der Waals surface area contributed by atoms with Crippen molar-refractivity contribution >= 4 is 11.8 Å². The Kier molecular flexibility index (Phi) is 7.70. The molecule has 0 aromatic heterocycles. The molecule has 1 saturated heterocycles. The standard InChI is InChI=1S/C24H37N3O2/c1-4-18(2)17-25-23(28)22(20-7-5-6-8-20)26-13-15-27(16-14-26)24(29)21-11-9-19(3)10-12-21/h9-12,18,20,22H,4-8,13-17H2,1-3H3,(H,25,28). The minimum Gasteiger partial charge on any atom is -0.354 e. The zero-order chi connectivity index (χ0) is 20.8. The Bertz CT molecular complexity index is 674. The third-order valence-electron chi connectivity index (χ3n) is 6.73. The Morgan fingerprint density at radius 1 is 1.07 bits per heavy atom. The highest BCUT2D eigenvalue weighted by molar-refractivity contribution is 5.94. The van der Waals surface area contributed by atoms with Crippen molar-refractivity contribution in [1.29, 1.82) is 0 Å². The number of hydrogen-bond acceptors (Lipinski definition) is 3. The molecule has 5 heteroatoms. The third kappa shape index (κ3) is 5.59. The van der Waals surface area contributed by atoms with E-state index in [2.05, 4.69) is 24.1 Å². The first-order valence-electron chi connectivity index (χ1n) is 11.4. The van der Waals surface area contributed by atoms with Crippen molar-refractivity contribution in [3.05, 3.63) is 35.4 Å². The predicted octanol–water partition coefficient (Wildman–Crippen LogP) is 3.47. The molecule has 2 amide bonds. The minimum atomic E-state index is -0.0433. The summed E-state index contributed by atoms with van der Waals surface area (Å²) in [7, 11) is 0. The fourth-order valence-corrected chi connectivity index (χ4v) is 4.56. The van der Waals surface area contributed by atoms with Gasteiger partial charge in [-0.3, -0.25) is 14.5 Å². The molecule has 0 bridgehead atoms. The van der Waals surface area contributed by atoms with Gasteiger partial charge in [-0.2, -0.15) is 0 Å². The van der Waals surface area contributed by atoms with E-state index in [-0.39, 0.29) is 17.9 Å². The lowest BCUT2D eigenvalue weighted by Crippen LogP contribution is -2.58. The van der Waals surface area contributed by atoms with Crippen LogP contribution < -0.4 is 5.32 Å². The number of carbonyl (C=O) groups is 2. The molecule has 2 unspecified atom stereocenters. The van der Waals surface area contributed by atoms with E-state index in [9.17, 15) is 9.59 Å². The van der Waals surface area contributed by atoms with Gasteiger partial charge in [-0.15, -0.1) is 0 Å². The van der Waals surface area contributed by atoms with E-state index >= 15 is 0 Å². The Labute approximate surface area is 175 Å². The van der Waals surface area contributed by atoms with Crippen LogP contribution in [0.25, 0.3) is 0 Å². The number of nitrogens with zero attached hydrogens (tertiary/aromatic N) is 2. The Morgan fingerprint density at radius 3 is 2.28 bits per heavy atom. The summed E-state index contributed by atoms with van der Waals surface area (Å²) in [6.45, 7) is 10.1. The molecule has 1 saturated carbocycles. The lowest BCUT2D eigenvalue weighted by molar-refractivity contribution is -0.129. The lowest BCUT2D eigenvalue weighted by Gasteiger charge is -2.41. The summed E-state index contributed by atoms with van der Waals surface area (Å²) in [6, 6.07) is 7.75. The topological polar surface area (TPSA) is 52.7 Å². The zero-order valence-electron chi connectivity index (χ0n) is 18.3. The average Bonchev–Trinajstić information content (AvgIpc) is 3.27. The first kappa shape index (κ1) is 21.8. The smallest absolute Gasteiger partial charge is 0.253 e. The molecular formula is C24H37N3O2. The number of aryl methyl sites for hydroxylation is 1. The van der Waals surface area contributed by atoms with E-state index < -0.39 is 0 Å². The van der Waals surface area contributed by atoms with Gasteiger partial charge in [-0.1, -0.05) is 50.8 Å². The molecule has 0 radical (unpaired) electrons. The molecule has 1 N–H and O–H groups in total. The van der Waals surface area contributed by atoms with Gasteiger partial charge in [-0.05, 0) is 43.7 Å². The summed E-state index contributed by atoms with van der Waals surface area (Å²) < 4.78 is 0. The highest BCUT2D eigenvalue weighted by Gasteiger charge is 2.37. The van der Waals surface area contributed by atoms with Crippen molar-refractivity contribution in [2.45, 2.75) is 58.9 Å². The summed E-state index contributed by atoms with van der Waals surface area (Å²) >= 11 is 0. The second-order valence-corrected chi connectivity index (χ2v) is 8.94. The minimum absolute atomic E-state index is 0.0433.